The third kappa shape index (κ3) is 3.22. The highest BCUT2D eigenvalue weighted by molar-refractivity contribution is 7.99. The fourth-order valence-electron chi connectivity index (χ4n) is 1.01. The highest BCUT2D eigenvalue weighted by Crippen LogP contribution is 2.27. The van der Waals surface area contributed by atoms with E-state index in [4.69, 9.17) is 5.11 Å². The van der Waals surface area contributed by atoms with Crippen LogP contribution in [0.25, 0.3) is 0 Å². The van der Waals surface area contributed by atoms with Crippen molar-refractivity contribution < 1.29 is 9.90 Å². The first-order valence-electron chi connectivity index (χ1n) is 5.14. The Labute approximate surface area is 104 Å². The number of carboxylic acids is 1. The number of aliphatic carboxylic acids is 1. The molecule has 0 saturated carbocycles. The molecular formula is C11H17NO2S2. The number of hydrogen-bond donors (Lipinski definition) is 1. The molecule has 0 atom stereocenters. The SMILES string of the molecule is CC(C)SCc1nc(C(C)(C)C(=O)O)cs1. The van der Waals surface area contributed by atoms with Crippen LogP contribution in [0, 0.1) is 0 Å². The second-order valence-corrected chi connectivity index (χ2v) is 6.92. The quantitative estimate of drug-likeness (QED) is 0.882. The average Bonchev–Trinajstić information content (AvgIpc) is 2.63. The molecule has 1 rings (SSSR count). The second kappa shape index (κ2) is 5.19. The maximum absolute atomic E-state index is 11.1. The number of rotatable bonds is 5. The molecule has 0 unspecified atom stereocenters. The van der Waals surface area contributed by atoms with Gasteiger partial charge >= 0.3 is 5.97 Å². The van der Waals surface area contributed by atoms with Crippen molar-refractivity contribution in [3.05, 3.63) is 16.1 Å². The molecular weight excluding hydrogens is 242 g/mol. The predicted octanol–water partition coefficient (Wildman–Crippen LogP) is 3.15. The topological polar surface area (TPSA) is 50.2 Å². The highest BCUT2D eigenvalue weighted by atomic mass is 32.2. The molecule has 0 aliphatic heterocycles. The van der Waals surface area contributed by atoms with Crippen molar-refractivity contribution in [3.8, 4) is 0 Å². The zero-order chi connectivity index (χ0) is 12.3. The maximum atomic E-state index is 11.1. The van der Waals surface area contributed by atoms with Crippen LogP contribution < -0.4 is 0 Å². The van der Waals surface area contributed by atoms with E-state index in [9.17, 15) is 4.79 Å². The molecule has 0 spiro atoms. The minimum absolute atomic E-state index is 0.569. The maximum Gasteiger partial charge on any atom is 0.315 e. The summed E-state index contributed by atoms with van der Waals surface area (Å²) < 4.78 is 0. The van der Waals surface area contributed by atoms with Gasteiger partial charge in [0.1, 0.15) is 10.4 Å². The Morgan fingerprint density at radius 3 is 2.75 bits per heavy atom. The molecule has 0 aliphatic carbocycles. The van der Waals surface area contributed by atoms with Crippen molar-refractivity contribution in [1.82, 2.24) is 4.98 Å². The molecule has 5 heteroatoms. The summed E-state index contributed by atoms with van der Waals surface area (Å²) >= 11 is 3.36. The Balaban J connectivity index is 2.75. The zero-order valence-electron chi connectivity index (χ0n) is 9.98. The Morgan fingerprint density at radius 2 is 2.25 bits per heavy atom. The first kappa shape index (κ1) is 13.5. The monoisotopic (exact) mass is 259 g/mol. The van der Waals surface area contributed by atoms with Gasteiger partial charge in [0.2, 0.25) is 0 Å². The summed E-state index contributed by atoms with van der Waals surface area (Å²) in [7, 11) is 0. The van der Waals surface area contributed by atoms with E-state index in [0.29, 0.717) is 10.9 Å². The third-order valence-electron chi connectivity index (χ3n) is 2.27. The van der Waals surface area contributed by atoms with Gasteiger partial charge in [0.25, 0.3) is 0 Å². The normalized spacial score (nSPS) is 12.1. The van der Waals surface area contributed by atoms with E-state index in [1.807, 2.05) is 17.1 Å². The summed E-state index contributed by atoms with van der Waals surface area (Å²) in [6, 6.07) is 0. The van der Waals surface area contributed by atoms with Crippen LogP contribution in [0.1, 0.15) is 38.4 Å². The summed E-state index contributed by atoms with van der Waals surface area (Å²) in [6.07, 6.45) is 0. The molecule has 1 heterocycles. The lowest BCUT2D eigenvalue weighted by Crippen LogP contribution is -2.28. The van der Waals surface area contributed by atoms with Crippen LogP contribution in [0.3, 0.4) is 0 Å². The van der Waals surface area contributed by atoms with Crippen LogP contribution in [0.5, 0.6) is 0 Å². The minimum Gasteiger partial charge on any atom is -0.481 e. The molecule has 16 heavy (non-hydrogen) atoms. The molecule has 3 nitrogen and oxygen atoms in total. The van der Waals surface area contributed by atoms with Crippen molar-refractivity contribution in [2.75, 3.05) is 0 Å². The summed E-state index contributed by atoms with van der Waals surface area (Å²) in [4.78, 5) is 15.4. The number of thioether (sulfide) groups is 1. The zero-order valence-corrected chi connectivity index (χ0v) is 11.6. The summed E-state index contributed by atoms with van der Waals surface area (Å²) in [5, 5.41) is 12.5. The van der Waals surface area contributed by atoms with Crippen LogP contribution in [0.2, 0.25) is 0 Å². The lowest BCUT2D eigenvalue weighted by atomic mass is 9.90. The molecule has 0 aromatic carbocycles. The third-order valence-corrected chi connectivity index (χ3v) is 4.41. The number of carbonyl (C=O) groups is 1. The van der Waals surface area contributed by atoms with Crippen LogP contribution in [0.15, 0.2) is 5.38 Å². The van der Waals surface area contributed by atoms with Crippen LogP contribution in [0.4, 0.5) is 0 Å². The van der Waals surface area contributed by atoms with E-state index in [2.05, 4.69) is 18.8 Å². The molecule has 0 radical (unpaired) electrons. The van der Waals surface area contributed by atoms with Crippen molar-refractivity contribution in [3.63, 3.8) is 0 Å². The summed E-state index contributed by atoms with van der Waals surface area (Å²) in [6.45, 7) is 7.65. The molecule has 1 N–H and O–H groups in total. The van der Waals surface area contributed by atoms with Gasteiger partial charge in [0.05, 0.1) is 5.69 Å². The van der Waals surface area contributed by atoms with E-state index in [1.54, 1.807) is 25.2 Å². The van der Waals surface area contributed by atoms with Gasteiger partial charge < -0.3 is 5.11 Å². The molecule has 0 saturated heterocycles. The molecule has 0 aliphatic rings. The van der Waals surface area contributed by atoms with Crippen LogP contribution >= 0.6 is 23.1 Å². The lowest BCUT2D eigenvalue weighted by Gasteiger charge is -2.15. The first-order chi connectivity index (χ1) is 7.34. The van der Waals surface area contributed by atoms with Crippen molar-refractivity contribution in [1.29, 1.82) is 0 Å². The number of nitrogens with zero attached hydrogens (tertiary/aromatic N) is 1. The van der Waals surface area contributed by atoms with Crippen molar-refractivity contribution >= 4 is 29.1 Å². The van der Waals surface area contributed by atoms with E-state index < -0.39 is 11.4 Å². The molecule has 90 valence electrons. The average molecular weight is 259 g/mol. The molecule has 0 amide bonds. The molecule has 1 aromatic heterocycles. The van der Waals surface area contributed by atoms with Gasteiger partial charge in [-0.3, -0.25) is 4.79 Å². The van der Waals surface area contributed by atoms with Gasteiger partial charge in [0.15, 0.2) is 0 Å². The van der Waals surface area contributed by atoms with Crippen LogP contribution in [-0.2, 0) is 16.0 Å². The van der Waals surface area contributed by atoms with E-state index in [0.717, 1.165) is 10.8 Å². The van der Waals surface area contributed by atoms with Crippen LogP contribution in [-0.4, -0.2) is 21.3 Å². The van der Waals surface area contributed by atoms with Gasteiger partial charge in [-0.05, 0) is 19.1 Å². The van der Waals surface area contributed by atoms with E-state index in [-0.39, 0.29) is 0 Å². The Bertz CT molecular complexity index is 372. The lowest BCUT2D eigenvalue weighted by molar-refractivity contribution is -0.142. The second-order valence-electron chi connectivity index (χ2n) is 4.42. The molecule has 0 fully saturated rings. The largest absolute Gasteiger partial charge is 0.481 e. The number of carboxylic acid groups (broad SMARTS) is 1. The van der Waals surface area contributed by atoms with Gasteiger partial charge in [-0.1, -0.05) is 13.8 Å². The van der Waals surface area contributed by atoms with Gasteiger partial charge in [-0.15, -0.1) is 11.3 Å². The van der Waals surface area contributed by atoms with E-state index in [1.165, 1.54) is 0 Å². The van der Waals surface area contributed by atoms with E-state index >= 15 is 0 Å². The number of thiazole rings is 1. The van der Waals surface area contributed by atoms with Gasteiger partial charge in [-0.2, -0.15) is 11.8 Å². The summed E-state index contributed by atoms with van der Waals surface area (Å²) in [5.74, 6) is 0.0266. The number of hydrogen-bond acceptors (Lipinski definition) is 4. The standard InChI is InChI=1S/C11H17NO2S2/c1-7(2)15-6-9-12-8(5-16-9)11(3,4)10(13)14/h5,7H,6H2,1-4H3,(H,13,14). The van der Waals surface area contributed by atoms with Gasteiger partial charge in [0, 0.05) is 11.1 Å². The Morgan fingerprint density at radius 1 is 1.62 bits per heavy atom. The smallest absolute Gasteiger partial charge is 0.315 e. The van der Waals surface area contributed by atoms with Crippen molar-refractivity contribution in [2.45, 2.75) is 44.1 Å². The van der Waals surface area contributed by atoms with Crippen molar-refractivity contribution in [2.24, 2.45) is 0 Å². The molecule has 1 aromatic rings. The predicted molar refractivity (Wildman–Crippen MR) is 69.2 cm³/mol. The first-order valence-corrected chi connectivity index (χ1v) is 7.06. The minimum atomic E-state index is -0.892. The molecule has 0 bridgehead atoms. The Kier molecular flexibility index (Phi) is 4.38. The number of aromatic nitrogens is 1. The Hall–Kier alpha value is -0.550. The fourth-order valence-corrected chi connectivity index (χ4v) is 2.77. The fraction of sp³-hybridized carbons (Fsp3) is 0.636. The van der Waals surface area contributed by atoms with Gasteiger partial charge in [-0.25, -0.2) is 4.98 Å². The highest BCUT2D eigenvalue weighted by Gasteiger charge is 2.31. The summed E-state index contributed by atoms with van der Waals surface area (Å²) in [5.41, 5.74) is -0.235.